The summed E-state index contributed by atoms with van der Waals surface area (Å²) in [4.78, 5) is 0. The Morgan fingerprint density at radius 1 is 0.706 bits per heavy atom. The maximum atomic E-state index is 10.2. The third kappa shape index (κ3) is 5.37. The first-order valence-electron chi connectivity index (χ1n) is 10.6. The molecule has 16 heteroatoms. The zero-order valence-corrected chi connectivity index (χ0v) is 17.8. The molecule has 3 fully saturated rings. The van der Waals surface area contributed by atoms with Gasteiger partial charge < -0.3 is 79.9 Å². The molecule has 3 rings (SSSR count). The van der Waals surface area contributed by atoms with E-state index < -0.39 is 112 Å². The molecule has 1 unspecified atom stereocenters. The van der Waals surface area contributed by atoms with Crippen LogP contribution in [0.15, 0.2) is 0 Å². The van der Waals surface area contributed by atoms with Crippen LogP contribution in [0.5, 0.6) is 0 Å². The molecule has 0 aromatic heterocycles. The minimum Gasteiger partial charge on any atom is -0.394 e. The molecule has 0 aromatic carbocycles. The molecule has 0 spiro atoms. The van der Waals surface area contributed by atoms with Crippen LogP contribution in [0.25, 0.3) is 0 Å². The average molecular weight is 504 g/mol. The van der Waals surface area contributed by atoms with Crippen molar-refractivity contribution in [2.45, 2.75) is 85.5 Å². The van der Waals surface area contributed by atoms with Crippen molar-refractivity contribution in [3.63, 3.8) is 0 Å². The molecule has 34 heavy (non-hydrogen) atoms. The summed E-state index contributed by atoms with van der Waals surface area (Å²) in [6.45, 7) is -2.86. The van der Waals surface area contributed by atoms with Gasteiger partial charge in [0.05, 0.1) is 26.4 Å². The molecule has 3 heterocycles. The Balaban J connectivity index is 1.63. The SMILES string of the molecule is OC[C@H]1O[C@H](OC[C@H]2O[C@H](O[C@@H]3COC(O)(CO)[C@@H](O)[C@@H]3O)[C@H](O)[C@@H](O)[C@@H]2O)[C@H](O)[C@@H](O)[C@@H]1O. The largest absolute Gasteiger partial charge is 0.394 e. The molecule has 0 aromatic rings. The van der Waals surface area contributed by atoms with E-state index in [1.54, 1.807) is 0 Å². The fourth-order valence-electron chi connectivity index (χ4n) is 3.87. The first-order chi connectivity index (χ1) is 15.9. The molecule has 0 bridgehead atoms. The molecule has 0 radical (unpaired) electrons. The molecule has 11 N–H and O–H groups in total. The molecule has 200 valence electrons. The van der Waals surface area contributed by atoms with Crippen molar-refractivity contribution in [2.75, 3.05) is 26.4 Å². The lowest BCUT2D eigenvalue weighted by Crippen LogP contribution is -2.66. The van der Waals surface area contributed by atoms with Gasteiger partial charge in [-0.3, -0.25) is 0 Å². The van der Waals surface area contributed by atoms with E-state index in [-0.39, 0.29) is 0 Å². The maximum Gasteiger partial charge on any atom is 0.218 e. The van der Waals surface area contributed by atoms with Gasteiger partial charge in [0.2, 0.25) is 5.79 Å². The van der Waals surface area contributed by atoms with E-state index in [2.05, 4.69) is 0 Å². The topological polar surface area (TPSA) is 269 Å². The summed E-state index contributed by atoms with van der Waals surface area (Å²) in [7, 11) is 0. The summed E-state index contributed by atoms with van der Waals surface area (Å²) in [5, 5.41) is 109. The first-order valence-corrected chi connectivity index (χ1v) is 10.6. The summed E-state index contributed by atoms with van der Waals surface area (Å²) >= 11 is 0. The maximum absolute atomic E-state index is 10.2. The lowest BCUT2D eigenvalue weighted by Gasteiger charge is -2.46. The highest BCUT2D eigenvalue weighted by molar-refractivity contribution is 4.95. The van der Waals surface area contributed by atoms with E-state index in [0.717, 1.165) is 0 Å². The second kappa shape index (κ2) is 11.2. The van der Waals surface area contributed by atoms with E-state index in [1.165, 1.54) is 0 Å². The molecule has 16 nitrogen and oxygen atoms in total. The second-order valence-electron chi connectivity index (χ2n) is 8.47. The van der Waals surface area contributed by atoms with Gasteiger partial charge in [-0.15, -0.1) is 0 Å². The third-order valence-corrected chi connectivity index (χ3v) is 6.14. The fourth-order valence-corrected chi connectivity index (χ4v) is 3.87. The van der Waals surface area contributed by atoms with Gasteiger partial charge in [0.1, 0.15) is 67.1 Å². The Kier molecular flexibility index (Phi) is 9.18. The lowest BCUT2D eigenvalue weighted by molar-refractivity contribution is -0.371. The predicted molar refractivity (Wildman–Crippen MR) is 101 cm³/mol. The molecule has 3 aliphatic rings. The highest BCUT2D eigenvalue weighted by atomic mass is 16.7. The Morgan fingerprint density at radius 2 is 1.26 bits per heavy atom. The molecule has 3 aliphatic heterocycles. The Bertz CT molecular complexity index is 653. The van der Waals surface area contributed by atoms with Gasteiger partial charge in [-0.05, 0) is 0 Å². The monoisotopic (exact) mass is 504 g/mol. The van der Waals surface area contributed by atoms with Crippen molar-refractivity contribution >= 4 is 0 Å². The third-order valence-electron chi connectivity index (χ3n) is 6.14. The Labute approximate surface area is 192 Å². The highest BCUT2D eigenvalue weighted by Gasteiger charge is 2.52. The number of hydrogen-bond acceptors (Lipinski definition) is 16. The zero-order chi connectivity index (χ0) is 25.4. The molecule has 0 aliphatic carbocycles. The van der Waals surface area contributed by atoms with Gasteiger partial charge in [-0.2, -0.15) is 0 Å². The van der Waals surface area contributed by atoms with Gasteiger partial charge >= 0.3 is 0 Å². The van der Waals surface area contributed by atoms with Gasteiger partial charge in [0.15, 0.2) is 12.6 Å². The molecule has 14 atom stereocenters. The van der Waals surface area contributed by atoms with Crippen molar-refractivity contribution < 1.29 is 79.9 Å². The Hall–Kier alpha value is -0.640. The van der Waals surface area contributed by atoms with Gasteiger partial charge in [0, 0.05) is 0 Å². The number of hydrogen-bond donors (Lipinski definition) is 11. The van der Waals surface area contributed by atoms with E-state index in [0.29, 0.717) is 0 Å². The summed E-state index contributed by atoms with van der Waals surface area (Å²) in [5.41, 5.74) is 0. The van der Waals surface area contributed by atoms with Crippen LogP contribution in [-0.4, -0.2) is 168 Å². The summed E-state index contributed by atoms with van der Waals surface area (Å²) in [6.07, 6.45) is -21.5. The summed E-state index contributed by atoms with van der Waals surface area (Å²) < 4.78 is 26.2. The minimum absolute atomic E-state index is 0.549. The van der Waals surface area contributed by atoms with Crippen molar-refractivity contribution in [1.29, 1.82) is 0 Å². The number of aliphatic hydroxyl groups excluding tert-OH is 10. The predicted octanol–water partition coefficient (Wildman–Crippen LogP) is -7.57. The Morgan fingerprint density at radius 3 is 1.85 bits per heavy atom. The van der Waals surface area contributed by atoms with E-state index in [1.807, 2.05) is 0 Å². The quantitative estimate of drug-likeness (QED) is 0.154. The van der Waals surface area contributed by atoms with Gasteiger partial charge in [0.25, 0.3) is 0 Å². The van der Waals surface area contributed by atoms with Gasteiger partial charge in [-0.1, -0.05) is 0 Å². The van der Waals surface area contributed by atoms with Crippen LogP contribution in [0.2, 0.25) is 0 Å². The fraction of sp³-hybridized carbons (Fsp3) is 1.00. The van der Waals surface area contributed by atoms with Crippen LogP contribution in [0.4, 0.5) is 0 Å². The number of rotatable bonds is 7. The lowest BCUT2D eigenvalue weighted by atomic mass is 9.96. The van der Waals surface area contributed by atoms with Crippen LogP contribution in [0.3, 0.4) is 0 Å². The molecule has 0 saturated carbocycles. The van der Waals surface area contributed by atoms with Crippen LogP contribution in [-0.2, 0) is 23.7 Å². The van der Waals surface area contributed by atoms with E-state index in [9.17, 15) is 51.1 Å². The average Bonchev–Trinajstić information content (AvgIpc) is 2.83. The minimum atomic E-state index is -2.44. The van der Waals surface area contributed by atoms with E-state index in [4.69, 9.17) is 28.8 Å². The van der Waals surface area contributed by atoms with Crippen molar-refractivity contribution in [1.82, 2.24) is 0 Å². The van der Waals surface area contributed by atoms with E-state index >= 15 is 0 Å². The second-order valence-corrected chi connectivity index (χ2v) is 8.47. The molecule has 3 saturated heterocycles. The van der Waals surface area contributed by atoms with Crippen LogP contribution in [0, 0.1) is 0 Å². The van der Waals surface area contributed by atoms with Crippen LogP contribution < -0.4 is 0 Å². The van der Waals surface area contributed by atoms with Crippen molar-refractivity contribution in [2.24, 2.45) is 0 Å². The number of aliphatic hydroxyl groups is 11. The normalized spacial score (nSPS) is 52.5. The smallest absolute Gasteiger partial charge is 0.218 e. The highest BCUT2D eigenvalue weighted by Crippen LogP contribution is 2.30. The molecular formula is C18H32O16. The van der Waals surface area contributed by atoms with Gasteiger partial charge in [-0.25, -0.2) is 0 Å². The molecule has 0 amide bonds. The first kappa shape index (κ1) is 27.9. The van der Waals surface area contributed by atoms with Crippen LogP contribution in [0.1, 0.15) is 0 Å². The summed E-state index contributed by atoms with van der Waals surface area (Å²) in [5.74, 6) is -2.44. The summed E-state index contributed by atoms with van der Waals surface area (Å²) in [6, 6.07) is 0. The van der Waals surface area contributed by atoms with Crippen molar-refractivity contribution in [3.05, 3.63) is 0 Å². The zero-order valence-electron chi connectivity index (χ0n) is 17.8. The number of ether oxygens (including phenoxy) is 5. The van der Waals surface area contributed by atoms with Crippen molar-refractivity contribution in [3.8, 4) is 0 Å². The molecular weight excluding hydrogens is 472 g/mol. The standard InChI is InChI=1S/C18H32O16/c19-1-5-8(21)11(24)13(26)16(32-5)30-2-6-9(22)12(25)14(27)17(33-6)34-7-3-31-18(29,4-20)15(28)10(7)23/h5-17,19-29H,1-4H2/t5-,6-,7-,8-,9-,10-,11+,12+,13-,14-,15+,16+,17-,18?/m1/s1. The van der Waals surface area contributed by atoms with Crippen LogP contribution >= 0.6 is 0 Å².